The highest BCUT2D eigenvalue weighted by atomic mass is 16.9. The first-order valence-electron chi connectivity index (χ1n) is 15.1. The van der Waals surface area contributed by atoms with Crippen LogP contribution in [0.3, 0.4) is 0 Å². The normalized spacial score (nSPS) is 38.9. The molecular weight excluding hydrogens is 544 g/mol. The molecule has 3 unspecified atom stereocenters. The molecule has 0 amide bonds. The minimum Gasteiger partial charge on any atom is -0.461 e. The van der Waals surface area contributed by atoms with Crippen LogP contribution in [0.15, 0.2) is 96.1 Å². The highest BCUT2D eigenvalue weighted by Gasteiger charge is 2.79. The second kappa shape index (κ2) is 9.83. The first-order valence-corrected chi connectivity index (χ1v) is 15.1. The van der Waals surface area contributed by atoms with Gasteiger partial charge in [-0.05, 0) is 54.0 Å². The minimum absolute atomic E-state index is 0.0383. The molecule has 1 saturated carbocycles. The van der Waals surface area contributed by atoms with Crippen LogP contribution in [0.25, 0.3) is 0 Å². The number of ketones is 1. The van der Waals surface area contributed by atoms with Crippen LogP contribution in [0.5, 0.6) is 0 Å². The third-order valence-corrected chi connectivity index (χ3v) is 10.3. The van der Waals surface area contributed by atoms with Crippen molar-refractivity contribution in [2.45, 2.75) is 75.3 Å². The summed E-state index contributed by atoms with van der Waals surface area (Å²) >= 11 is 0. The van der Waals surface area contributed by atoms with E-state index in [0.29, 0.717) is 24.0 Å². The van der Waals surface area contributed by atoms with Gasteiger partial charge < -0.3 is 24.1 Å². The van der Waals surface area contributed by atoms with E-state index in [1.807, 2.05) is 79.7 Å². The first-order chi connectivity index (χ1) is 20.5. The molecule has 43 heavy (non-hydrogen) atoms. The summed E-state index contributed by atoms with van der Waals surface area (Å²) in [6, 6.07) is 19.3. The fourth-order valence-corrected chi connectivity index (χ4v) is 8.48. The minimum atomic E-state index is -1.75. The lowest BCUT2D eigenvalue weighted by Crippen LogP contribution is -2.70. The number of ether oxygens (including phenoxy) is 4. The van der Waals surface area contributed by atoms with Crippen LogP contribution in [0.2, 0.25) is 0 Å². The first kappa shape index (κ1) is 28.4. The predicted molar refractivity (Wildman–Crippen MR) is 158 cm³/mol. The van der Waals surface area contributed by atoms with E-state index in [4.69, 9.17) is 18.9 Å². The fourth-order valence-electron chi connectivity index (χ4n) is 8.48. The molecule has 224 valence electrons. The van der Waals surface area contributed by atoms with E-state index < -0.39 is 40.7 Å². The number of esters is 1. The van der Waals surface area contributed by atoms with E-state index >= 15 is 0 Å². The molecule has 2 heterocycles. The molecule has 2 aromatic carbocycles. The summed E-state index contributed by atoms with van der Waals surface area (Å²) in [7, 11) is 0. The Balaban J connectivity index is 1.31. The molecule has 3 bridgehead atoms. The summed E-state index contributed by atoms with van der Waals surface area (Å²) in [6.45, 7) is 10.1. The zero-order valence-electron chi connectivity index (χ0n) is 24.9. The van der Waals surface area contributed by atoms with Gasteiger partial charge >= 0.3 is 5.97 Å². The Hall–Kier alpha value is -3.36. The molecule has 5 aliphatic rings. The second-order valence-corrected chi connectivity index (χ2v) is 13.1. The van der Waals surface area contributed by atoms with Crippen LogP contribution in [0.1, 0.15) is 44.7 Å². The molecule has 8 atom stereocenters. The standard InChI is InChI=1S/C36H38O7/c1-22(2)34-18-24(4)36-28(32(34)41-35(42-34,43-36)20-26-13-9-6-10-14-26)16-27(19-33(39)29(36)15-23(3)31(33)38)21-40-30(37)17-25-11-7-5-8-12-25/h5-16,24,28-29,32,39H,1,17-21H2,2-4H3/t24-,28+,29-,32?,33-,34+,35?,36?/m1/s1. The molecule has 2 saturated heterocycles. The predicted octanol–water partition coefficient (Wildman–Crippen LogP) is 5.03. The zero-order chi connectivity index (χ0) is 30.2. The molecular formula is C36H38O7. The second-order valence-electron chi connectivity index (χ2n) is 13.1. The number of carbonyl (C=O) groups is 2. The molecule has 7 heteroatoms. The van der Waals surface area contributed by atoms with E-state index in [0.717, 1.165) is 16.7 Å². The number of carbonyl (C=O) groups excluding carboxylic acids is 2. The van der Waals surface area contributed by atoms with Gasteiger partial charge in [0.2, 0.25) is 0 Å². The van der Waals surface area contributed by atoms with Crippen molar-refractivity contribution in [3.8, 4) is 0 Å². The van der Waals surface area contributed by atoms with Crippen molar-refractivity contribution in [1.82, 2.24) is 0 Å². The summed E-state index contributed by atoms with van der Waals surface area (Å²) in [5, 5.41) is 12.3. The van der Waals surface area contributed by atoms with Gasteiger partial charge in [0, 0.05) is 18.3 Å². The molecule has 0 aromatic heterocycles. The topological polar surface area (TPSA) is 91.3 Å². The Morgan fingerprint density at radius 2 is 1.72 bits per heavy atom. The molecule has 3 fully saturated rings. The van der Waals surface area contributed by atoms with E-state index in [-0.39, 0.29) is 37.1 Å². The van der Waals surface area contributed by atoms with Crippen molar-refractivity contribution in [3.05, 3.63) is 107 Å². The van der Waals surface area contributed by atoms with Gasteiger partial charge in [-0.2, -0.15) is 0 Å². The van der Waals surface area contributed by atoms with Crippen molar-refractivity contribution in [1.29, 1.82) is 0 Å². The number of aliphatic hydroxyl groups is 1. The lowest BCUT2D eigenvalue weighted by Gasteiger charge is -2.59. The number of hydrogen-bond acceptors (Lipinski definition) is 7. The van der Waals surface area contributed by atoms with Crippen LogP contribution < -0.4 is 0 Å². The third-order valence-electron chi connectivity index (χ3n) is 10.3. The number of Topliss-reactive ketones (excluding diaryl/α,β-unsaturated/α-hetero) is 1. The molecule has 7 nitrogen and oxygen atoms in total. The number of benzene rings is 2. The molecule has 7 rings (SSSR count). The molecule has 0 spiro atoms. The summed E-state index contributed by atoms with van der Waals surface area (Å²) in [4.78, 5) is 26.6. The van der Waals surface area contributed by atoms with Gasteiger partial charge in [-0.1, -0.05) is 86.3 Å². The van der Waals surface area contributed by atoms with E-state index in [9.17, 15) is 14.7 Å². The van der Waals surface area contributed by atoms with E-state index in [1.165, 1.54) is 0 Å². The highest BCUT2D eigenvalue weighted by Crippen LogP contribution is 2.68. The summed E-state index contributed by atoms with van der Waals surface area (Å²) in [6.07, 6.45) is 4.53. The summed E-state index contributed by atoms with van der Waals surface area (Å²) in [5.41, 5.74) is 0.270. The van der Waals surface area contributed by atoms with Gasteiger partial charge in [0.25, 0.3) is 5.97 Å². The maximum atomic E-state index is 13.7. The van der Waals surface area contributed by atoms with Crippen molar-refractivity contribution in [3.63, 3.8) is 0 Å². The fraction of sp³-hybridized carbons (Fsp3) is 0.444. The third kappa shape index (κ3) is 4.16. The molecule has 2 aromatic rings. The van der Waals surface area contributed by atoms with Crippen LogP contribution >= 0.6 is 0 Å². The zero-order valence-corrected chi connectivity index (χ0v) is 24.9. The van der Waals surface area contributed by atoms with E-state index in [1.54, 1.807) is 6.92 Å². The van der Waals surface area contributed by atoms with Gasteiger partial charge in [-0.3, -0.25) is 9.59 Å². The average molecular weight is 583 g/mol. The molecule has 2 aliphatic heterocycles. The van der Waals surface area contributed by atoms with Crippen LogP contribution in [0.4, 0.5) is 0 Å². The summed E-state index contributed by atoms with van der Waals surface area (Å²) < 4.78 is 26.6. The Morgan fingerprint density at radius 3 is 2.40 bits per heavy atom. The van der Waals surface area contributed by atoms with Crippen molar-refractivity contribution in [2.24, 2.45) is 17.8 Å². The number of fused-ring (bicyclic) bond motifs is 2. The van der Waals surface area contributed by atoms with Crippen molar-refractivity contribution >= 4 is 11.8 Å². The van der Waals surface area contributed by atoms with Gasteiger partial charge in [0.15, 0.2) is 5.78 Å². The van der Waals surface area contributed by atoms with Crippen LogP contribution in [-0.2, 0) is 41.4 Å². The van der Waals surface area contributed by atoms with Crippen molar-refractivity contribution < 1.29 is 33.6 Å². The van der Waals surface area contributed by atoms with E-state index in [2.05, 4.69) is 13.5 Å². The summed E-state index contributed by atoms with van der Waals surface area (Å²) in [5.74, 6) is -3.28. The SMILES string of the molecule is C=C(C)[C@@]12C[C@@H](C)C34OC(Cc5ccccc5)(OC1[C@@H]3C=C(COC(=O)Cc1ccccc1)C[C@]1(O)C(=O)C(C)=C[C@@H]41)O2. The molecule has 1 N–H and O–H groups in total. The van der Waals surface area contributed by atoms with Crippen molar-refractivity contribution in [2.75, 3.05) is 6.61 Å². The van der Waals surface area contributed by atoms with Gasteiger partial charge in [-0.15, -0.1) is 0 Å². The Bertz CT molecular complexity index is 1550. The van der Waals surface area contributed by atoms with Crippen LogP contribution in [0, 0.1) is 17.8 Å². The monoisotopic (exact) mass is 582 g/mol. The van der Waals surface area contributed by atoms with Crippen LogP contribution in [-0.4, -0.2) is 52.3 Å². The number of hydrogen-bond donors (Lipinski definition) is 1. The lowest BCUT2D eigenvalue weighted by molar-refractivity contribution is -0.421. The lowest BCUT2D eigenvalue weighted by atomic mass is 9.55. The smallest absolute Gasteiger partial charge is 0.310 e. The largest absolute Gasteiger partial charge is 0.461 e. The average Bonchev–Trinajstić information content (AvgIpc) is 3.28. The highest BCUT2D eigenvalue weighted by molar-refractivity contribution is 6.04. The Morgan fingerprint density at radius 1 is 1.05 bits per heavy atom. The molecule has 0 radical (unpaired) electrons. The Kier molecular flexibility index (Phi) is 6.49. The molecule has 3 aliphatic carbocycles. The van der Waals surface area contributed by atoms with Gasteiger partial charge in [0.05, 0.1) is 18.4 Å². The van der Waals surface area contributed by atoms with Gasteiger partial charge in [0.1, 0.15) is 23.9 Å². The maximum Gasteiger partial charge on any atom is 0.310 e. The maximum absolute atomic E-state index is 13.7. The quantitative estimate of drug-likeness (QED) is 0.362. The Labute approximate surface area is 252 Å². The van der Waals surface area contributed by atoms with Gasteiger partial charge in [-0.25, -0.2) is 0 Å². The number of rotatable bonds is 7.